The van der Waals surface area contributed by atoms with Gasteiger partial charge in [0.05, 0.1) is 14.2 Å². The lowest BCUT2D eigenvalue weighted by atomic mass is 10.1. The number of aliphatic hydroxyl groups is 1. The molecule has 0 aromatic heterocycles. The van der Waals surface area contributed by atoms with Crippen LogP contribution in [-0.4, -0.2) is 68.0 Å². The Morgan fingerprint density at radius 2 is 1.69 bits per heavy atom. The number of piperazine rings is 1. The minimum Gasteiger partial charge on any atom is -0.497 e. The van der Waals surface area contributed by atoms with Crippen LogP contribution >= 0.6 is 0 Å². The quantitative estimate of drug-likeness (QED) is 0.666. The zero-order valence-electron chi connectivity index (χ0n) is 17.7. The van der Waals surface area contributed by atoms with Crippen molar-refractivity contribution in [1.29, 1.82) is 0 Å². The van der Waals surface area contributed by atoms with Gasteiger partial charge in [-0.25, -0.2) is 0 Å². The molecule has 0 unspecified atom stereocenters. The van der Waals surface area contributed by atoms with Crippen molar-refractivity contribution < 1.29 is 14.6 Å². The van der Waals surface area contributed by atoms with E-state index in [1.807, 2.05) is 6.07 Å². The highest BCUT2D eigenvalue weighted by Gasteiger charge is 2.26. The van der Waals surface area contributed by atoms with E-state index in [2.05, 4.69) is 52.3 Å². The molecule has 2 aromatic carbocycles. The van der Waals surface area contributed by atoms with E-state index in [9.17, 15) is 5.11 Å². The Morgan fingerprint density at radius 1 is 0.966 bits per heavy atom. The normalized spacial score (nSPS) is 18.0. The van der Waals surface area contributed by atoms with Crippen molar-refractivity contribution in [1.82, 2.24) is 9.80 Å². The molecule has 29 heavy (non-hydrogen) atoms. The zero-order valence-corrected chi connectivity index (χ0v) is 17.7. The third kappa shape index (κ3) is 6.46. The zero-order chi connectivity index (χ0) is 20.5. The Morgan fingerprint density at radius 3 is 2.34 bits per heavy atom. The lowest BCUT2D eigenvalue weighted by molar-refractivity contribution is 0.0532. The Labute approximate surface area is 174 Å². The van der Waals surface area contributed by atoms with Crippen LogP contribution in [0.25, 0.3) is 0 Å². The van der Waals surface area contributed by atoms with Crippen LogP contribution in [0.1, 0.15) is 24.0 Å². The van der Waals surface area contributed by atoms with Crippen LogP contribution in [0.4, 0.5) is 0 Å². The molecule has 5 nitrogen and oxygen atoms in total. The molecule has 5 heteroatoms. The second kappa shape index (κ2) is 11.2. The van der Waals surface area contributed by atoms with E-state index < -0.39 is 0 Å². The van der Waals surface area contributed by atoms with Crippen LogP contribution in [0.15, 0.2) is 48.5 Å². The molecule has 1 atom stereocenters. The third-order valence-electron chi connectivity index (χ3n) is 5.73. The highest BCUT2D eigenvalue weighted by Crippen LogP contribution is 2.25. The summed E-state index contributed by atoms with van der Waals surface area (Å²) in [4.78, 5) is 5.03. The molecular weight excluding hydrogens is 364 g/mol. The number of methoxy groups -OCH3 is 2. The lowest BCUT2D eigenvalue weighted by Gasteiger charge is -2.41. The number of hydrogen-bond acceptors (Lipinski definition) is 5. The molecule has 0 spiro atoms. The average molecular weight is 399 g/mol. The first-order valence-electron chi connectivity index (χ1n) is 10.5. The molecular formula is C24H34N2O3. The summed E-state index contributed by atoms with van der Waals surface area (Å²) in [7, 11) is 3.36. The molecule has 1 aliphatic heterocycles. The van der Waals surface area contributed by atoms with E-state index in [0.29, 0.717) is 6.04 Å². The van der Waals surface area contributed by atoms with Crippen LogP contribution in [0.3, 0.4) is 0 Å². The summed E-state index contributed by atoms with van der Waals surface area (Å²) in [6.45, 7) is 5.26. The summed E-state index contributed by atoms with van der Waals surface area (Å²) < 4.78 is 10.8. The molecule has 1 saturated heterocycles. The molecule has 0 aliphatic carbocycles. The van der Waals surface area contributed by atoms with Gasteiger partial charge in [0.2, 0.25) is 0 Å². The van der Waals surface area contributed by atoms with Crippen LogP contribution < -0.4 is 9.47 Å². The summed E-state index contributed by atoms with van der Waals surface area (Å²) in [5.41, 5.74) is 2.59. The van der Waals surface area contributed by atoms with Crippen LogP contribution in [0.5, 0.6) is 11.5 Å². The molecule has 158 valence electrons. The van der Waals surface area contributed by atoms with Crippen molar-refractivity contribution in [2.75, 3.05) is 47.0 Å². The highest BCUT2D eigenvalue weighted by molar-refractivity contribution is 5.38. The molecule has 1 aliphatic rings. The summed E-state index contributed by atoms with van der Waals surface area (Å²) in [5.74, 6) is 1.63. The maximum absolute atomic E-state index is 9.59. The maximum Gasteiger partial charge on any atom is 0.122 e. The van der Waals surface area contributed by atoms with Gasteiger partial charge < -0.3 is 19.5 Å². The minimum absolute atomic E-state index is 0.223. The first kappa shape index (κ1) is 21.6. The van der Waals surface area contributed by atoms with E-state index in [1.165, 1.54) is 17.5 Å². The molecule has 1 fully saturated rings. The Bertz CT molecular complexity index is 716. The van der Waals surface area contributed by atoms with Gasteiger partial charge in [0, 0.05) is 44.9 Å². The predicted octanol–water partition coefficient (Wildman–Crippen LogP) is 3.21. The van der Waals surface area contributed by atoms with E-state index in [4.69, 9.17) is 9.47 Å². The largest absolute Gasteiger partial charge is 0.497 e. The minimum atomic E-state index is 0.223. The van der Waals surface area contributed by atoms with Crippen molar-refractivity contribution >= 4 is 0 Å². The second-order valence-electron chi connectivity index (χ2n) is 7.75. The first-order chi connectivity index (χ1) is 14.2. The Hall–Kier alpha value is -2.08. The van der Waals surface area contributed by atoms with Crippen molar-refractivity contribution in [2.45, 2.75) is 31.8 Å². The van der Waals surface area contributed by atoms with Gasteiger partial charge in [-0.3, -0.25) is 4.90 Å². The summed E-state index contributed by atoms with van der Waals surface area (Å²) in [6.07, 6.45) is 3.09. The van der Waals surface area contributed by atoms with Crippen molar-refractivity contribution in [2.24, 2.45) is 0 Å². The summed E-state index contributed by atoms with van der Waals surface area (Å²) in [5, 5.41) is 9.59. The second-order valence-corrected chi connectivity index (χ2v) is 7.75. The number of hydrogen-bond donors (Lipinski definition) is 1. The smallest absolute Gasteiger partial charge is 0.122 e. The highest BCUT2D eigenvalue weighted by atomic mass is 16.5. The standard InChI is InChI=1S/C24H34N2O3/c1-28-23-15-21(16-24(17-23)29-2)18-26-13-12-25(19-22(26)10-14-27)11-6-9-20-7-4-3-5-8-20/h3-5,7-8,15-17,22,27H,6,9-14,18-19H2,1-2H3/t22-/m0/s1. The predicted molar refractivity (Wildman–Crippen MR) is 117 cm³/mol. The summed E-state index contributed by atoms with van der Waals surface area (Å²) >= 11 is 0. The molecule has 1 heterocycles. The number of aryl methyl sites for hydroxylation is 1. The van der Waals surface area contributed by atoms with Gasteiger partial charge >= 0.3 is 0 Å². The Balaban J connectivity index is 1.56. The van der Waals surface area contributed by atoms with Crippen molar-refractivity contribution in [3.8, 4) is 11.5 Å². The topological polar surface area (TPSA) is 45.2 Å². The van der Waals surface area contributed by atoms with E-state index in [1.54, 1.807) is 14.2 Å². The van der Waals surface area contributed by atoms with Gasteiger partial charge in [0.15, 0.2) is 0 Å². The fourth-order valence-electron chi connectivity index (χ4n) is 4.13. The lowest BCUT2D eigenvalue weighted by Crippen LogP contribution is -2.53. The van der Waals surface area contributed by atoms with Gasteiger partial charge in [-0.2, -0.15) is 0 Å². The van der Waals surface area contributed by atoms with E-state index in [-0.39, 0.29) is 6.61 Å². The van der Waals surface area contributed by atoms with Crippen molar-refractivity contribution in [3.05, 3.63) is 59.7 Å². The van der Waals surface area contributed by atoms with Gasteiger partial charge in [-0.15, -0.1) is 0 Å². The summed E-state index contributed by atoms with van der Waals surface area (Å²) in [6, 6.07) is 17.1. The average Bonchev–Trinajstić information content (AvgIpc) is 2.76. The fraction of sp³-hybridized carbons (Fsp3) is 0.500. The van der Waals surface area contributed by atoms with Crippen molar-refractivity contribution in [3.63, 3.8) is 0 Å². The van der Waals surface area contributed by atoms with Crippen LogP contribution in [-0.2, 0) is 13.0 Å². The number of nitrogens with zero attached hydrogens (tertiary/aromatic N) is 2. The number of aliphatic hydroxyl groups excluding tert-OH is 1. The van der Waals surface area contributed by atoms with E-state index >= 15 is 0 Å². The molecule has 0 bridgehead atoms. The number of ether oxygens (including phenoxy) is 2. The van der Waals surface area contributed by atoms with Gasteiger partial charge in [-0.1, -0.05) is 30.3 Å². The molecule has 0 saturated carbocycles. The molecule has 1 N–H and O–H groups in total. The Kier molecular flexibility index (Phi) is 8.35. The first-order valence-corrected chi connectivity index (χ1v) is 10.5. The molecule has 0 radical (unpaired) electrons. The van der Waals surface area contributed by atoms with E-state index in [0.717, 1.165) is 57.1 Å². The third-order valence-corrected chi connectivity index (χ3v) is 5.73. The SMILES string of the molecule is COc1cc(CN2CCN(CCCc3ccccc3)C[C@@H]2CCO)cc(OC)c1. The van der Waals surface area contributed by atoms with Gasteiger partial charge in [0.25, 0.3) is 0 Å². The number of benzene rings is 2. The number of rotatable bonds is 10. The van der Waals surface area contributed by atoms with Crippen LogP contribution in [0, 0.1) is 0 Å². The molecule has 3 rings (SSSR count). The maximum atomic E-state index is 9.59. The van der Waals surface area contributed by atoms with Crippen LogP contribution in [0.2, 0.25) is 0 Å². The van der Waals surface area contributed by atoms with Gasteiger partial charge in [-0.05, 0) is 49.1 Å². The molecule has 2 aromatic rings. The molecule has 0 amide bonds. The monoisotopic (exact) mass is 398 g/mol. The van der Waals surface area contributed by atoms with Gasteiger partial charge in [0.1, 0.15) is 11.5 Å². The fourth-order valence-corrected chi connectivity index (χ4v) is 4.13.